The minimum absolute atomic E-state index is 0.344. The van der Waals surface area contributed by atoms with Crippen LogP contribution >= 0.6 is 0 Å². The molecule has 0 aromatic heterocycles. The van der Waals surface area contributed by atoms with Crippen molar-refractivity contribution in [2.45, 2.75) is 25.4 Å². The van der Waals surface area contributed by atoms with Crippen molar-refractivity contribution in [3.63, 3.8) is 0 Å². The summed E-state index contributed by atoms with van der Waals surface area (Å²) in [7, 11) is 1.65. The number of methoxy groups -OCH3 is 1. The predicted molar refractivity (Wildman–Crippen MR) is 68.2 cm³/mol. The lowest BCUT2D eigenvalue weighted by Gasteiger charge is -2.25. The molecule has 3 nitrogen and oxygen atoms in total. The second kappa shape index (κ2) is 6.03. The van der Waals surface area contributed by atoms with Gasteiger partial charge in [-0.15, -0.1) is 0 Å². The molecule has 2 rings (SSSR count). The molecule has 1 saturated heterocycles. The first-order valence-corrected chi connectivity index (χ1v) is 6.32. The molecule has 1 unspecified atom stereocenters. The Labute approximate surface area is 103 Å². The zero-order valence-corrected chi connectivity index (χ0v) is 10.4. The number of benzene rings is 1. The van der Waals surface area contributed by atoms with Gasteiger partial charge in [0, 0.05) is 0 Å². The molecule has 1 aromatic rings. The van der Waals surface area contributed by atoms with Gasteiger partial charge < -0.3 is 15.2 Å². The van der Waals surface area contributed by atoms with Gasteiger partial charge in [0.2, 0.25) is 0 Å². The van der Waals surface area contributed by atoms with E-state index in [1.54, 1.807) is 7.11 Å². The summed E-state index contributed by atoms with van der Waals surface area (Å²) in [6.07, 6.45) is 2.87. The first kappa shape index (κ1) is 12.4. The van der Waals surface area contributed by atoms with E-state index in [9.17, 15) is 5.11 Å². The summed E-state index contributed by atoms with van der Waals surface area (Å²) in [6, 6.07) is 7.71. The van der Waals surface area contributed by atoms with Crippen LogP contribution in [0.3, 0.4) is 0 Å². The molecule has 0 bridgehead atoms. The average Bonchev–Trinajstić information content (AvgIpc) is 2.40. The van der Waals surface area contributed by atoms with E-state index in [1.807, 2.05) is 24.3 Å². The molecule has 1 fully saturated rings. The summed E-state index contributed by atoms with van der Waals surface area (Å²) in [6.45, 7) is 2.17. The van der Waals surface area contributed by atoms with Crippen molar-refractivity contribution in [1.29, 1.82) is 0 Å². The number of aliphatic hydroxyl groups is 1. The normalized spacial score (nSPS) is 18.9. The molecule has 1 heterocycles. The molecular weight excluding hydrogens is 214 g/mol. The Kier molecular flexibility index (Phi) is 4.40. The number of hydrogen-bond donors (Lipinski definition) is 2. The highest BCUT2D eigenvalue weighted by Crippen LogP contribution is 2.27. The molecular formula is C14H21NO2. The van der Waals surface area contributed by atoms with Crippen molar-refractivity contribution in [2.75, 3.05) is 20.2 Å². The number of ether oxygens (including phenoxy) is 1. The highest BCUT2D eigenvalue weighted by atomic mass is 16.5. The minimum Gasteiger partial charge on any atom is -0.497 e. The van der Waals surface area contributed by atoms with Crippen molar-refractivity contribution in [3.8, 4) is 5.75 Å². The van der Waals surface area contributed by atoms with Crippen molar-refractivity contribution in [1.82, 2.24) is 5.32 Å². The van der Waals surface area contributed by atoms with Gasteiger partial charge in [0.25, 0.3) is 0 Å². The van der Waals surface area contributed by atoms with Crippen molar-refractivity contribution in [2.24, 2.45) is 5.92 Å². The first-order chi connectivity index (χ1) is 8.29. The largest absolute Gasteiger partial charge is 0.497 e. The summed E-state index contributed by atoms with van der Waals surface area (Å²) in [5.41, 5.74) is 0.990. The fraction of sp³-hybridized carbons (Fsp3) is 0.571. The van der Waals surface area contributed by atoms with Crippen LogP contribution in [0.5, 0.6) is 5.75 Å². The molecule has 1 aliphatic rings. The maximum Gasteiger partial charge on any atom is 0.118 e. The zero-order valence-electron chi connectivity index (χ0n) is 10.4. The van der Waals surface area contributed by atoms with E-state index in [1.165, 1.54) is 12.8 Å². The van der Waals surface area contributed by atoms with Crippen LogP contribution in [-0.4, -0.2) is 25.3 Å². The van der Waals surface area contributed by atoms with Crippen LogP contribution in [0.1, 0.15) is 30.9 Å². The Morgan fingerprint density at radius 1 is 1.29 bits per heavy atom. The fourth-order valence-electron chi connectivity index (χ4n) is 2.40. The summed E-state index contributed by atoms with van der Waals surface area (Å²) >= 11 is 0. The molecule has 0 radical (unpaired) electrons. The van der Waals surface area contributed by atoms with E-state index < -0.39 is 0 Å². The predicted octanol–water partition coefficient (Wildman–Crippen LogP) is 2.12. The van der Waals surface area contributed by atoms with E-state index in [-0.39, 0.29) is 6.10 Å². The average molecular weight is 235 g/mol. The third-order valence-electron chi connectivity index (χ3n) is 3.52. The van der Waals surface area contributed by atoms with Crippen LogP contribution in [0.2, 0.25) is 0 Å². The molecule has 1 aliphatic heterocycles. The third-order valence-corrected chi connectivity index (χ3v) is 3.52. The number of piperidine rings is 1. The fourth-order valence-corrected chi connectivity index (χ4v) is 2.40. The lowest BCUT2D eigenvalue weighted by molar-refractivity contribution is 0.133. The number of hydrogen-bond acceptors (Lipinski definition) is 3. The van der Waals surface area contributed by atoms with Gasteiger partial charge in [0.15, 0.2) is 0 Å². The van der Waals surface area contributed by atoms with Crippen molar-refractivity contribution >= 4 is 0 Å². The van der Waals surface area contributed by atoms with Crippen LogP contribution in [0.15, 0.2) is 24.3 Å². The number of aliphatic hydroxyl groups excluding tert-OH is 1. The van der Waals surface area contributed by atoms with Gasteiger partial charge >= 0.3 is 0 Å². The monoisotopic (exact) mass is 235 g/mol. The maximum absolute atomic E-state index is 10.2. The Balaban J connectivity index is 1.91. The summed E-state index contributed by atoms with van der Waals surface area (Å²) in [4.78, 5) is 0. The van der Waals surface area contributed by atoms with E-state index >= 15 is 0 Å². The summed E-state index contributed by atoms with van der Waals surface area (Å²) in [5, 5.41) is 13.5. The minimum atomic E-state index is -0.344. The second-order valence-electron chi connectivity index (χ2n) is 4.72. The van der Waals surface area contributed by atoms with Crippen LogP contribution in [0.4, 0.5) is 0 Å². The Morgan fingerprint density at radius 2 is 1.94 bits per heavy atom. The molecule has 0 spiro atoms. The van der Waals surface area contributed by atoms with Crippen LogP contribution < -0.4 is 10.1 Å². The quantitative estimate of drug-likeness (QED) is 0.840. The molecule has 17 heavy (non-hydrogen) atoms. The molecule has 2 N–H and O–H groups in total. The smallest absolute Gasteiger partial charge is 0.118 e. The molecule has 94 valence electrons. The highest BCUT2D eigenvalue weighted by molar-refractivity contribution is 5.28. The second-order valence-corrected chi connectivity index (χ2v) is 4.72. The van der Waals surface area contributed by atoms with Gasteiger partial charge in [0.05, 0.1) is 13.2 Å². The van der Waals surface area contributed by atoms with Gasteiger partial charge in [0.1, 0.15) is 5.75 Å². The van der Waals surface area contributed by atoms with Gasteiger partial charge in [-0.1, -0.05) is 12.1 Å². The molecule has 0 saturated carbocycles. The Bertz CT molecular complexity index is 331. The van der Waals surface area contributed by atoms with E-state index in [4.69, 9.17) is 4.74 Å². The van der Waals surface area contributed by atoms with E-state index in [0.717, 1.165) is 30.8 Å². The highest BCUT2D eigenvalue weighted by Gasteiger charge is 2.18. The Morgan fingerprint density at radius 3 is 2.53 bits per heavy atom. The van der Waals surface area contributed by atoms with E-state index in [2.05, 4.69) is 5.32 Å². The van der Waals surface area contributed by atoms with Gasteiger partial charge in [-0.3, -0.25) is 0 Å². The zero-order chi connectivity index (χ0) is 12.1. The van der Waals surface area contributed by atoms with Crippen molar-refractivity contribution < 1.29 is 9.84 Å². The lowest BCUT2D eigenvalue weighted by Crippen LogP contribution is -2.28. The topological polar surface area (TPSA) is 41.5 Å². The number of rotatable bonds is 4. The summed E-state index contributed by atoms with van der Waals surface area (Å²) in [5.74, 6) is 1.48. The summed E-state index contributed by atoms with van der Waals surface area (Å²) < 4.78 is 5.11. The SMILES string of the molecule is COc1ccc(C(O)CC2CCNCC2)cc1. The lowest BCUT2D eigenvalue weighted by atomic mass is 9.90. The standard InChI is InChI=1S/C14H21NO2/c1-17-13-4-2-12(3-5-13)14(16)10-11-6-8-15-9-7-11/h2-5,11,14-16H,6-10H2,1H3. The van der Waals surface area contributed by atoms with Gasteiger partial charge in [-0.05, 0) is 56.0 Å². The van der Waals surface area contributed by atoms with Crippen LogP contribution in [0, 0.1) is 5.92 Å². The molecule has 1 aromatic carbocycles. The Hall–Kier alpha value is -1.06. The molecule has 0 aliphatic carbocycles. The molecule has 0 amide bonds. The van der Waals surface area contributed by atoms with E-state index in [0.29, 0.717) is 5.92 Å². The third kappa shape index (κ3) is 3.45. The number of nitrogens with one attached hydrogen (secondary N) is 1. The van der Waals surface area contributed by atoms with Gasteiger partial charge in [-0.2, -0.15) is 0 Å². The first-order valence-electron chi connectivity index (χ1n) is 6.32. The molecule has 3 heteroatoms. The van der Waals surface area contributed by atoms with Crippen LogP contribution in [-0.2, 0) is 0 Å². The van der Waals surface area contributed by atoms with Crippen molar-refractivity contribution in [3.05, 3.63) is 29.8 Å². The molecule has 1 atom stereocenters. The van der Waals surface area contributed by atoms with Gasteiger partial charge in [-0.25, -0.2) is 0 Å². The van der Waals surface area contributed by atoms with Crippen LogP contribution in [0.25, 0.3) is 0 Å². The maximum atomic E-state index is 10.2.